The Kier molecular flexibility index (Phi) is 22.5. The van der Waals surface area contributed by atoms with Crippen molar-refractivity contribution in [2.75, 3.05) is 0 Å². The van der Waals surface area contributed by atoms with E-state index in [1.807, 2.05) is 42.5 Å². The molecular weight excluding hydrogens is 611 g/mol. The predicted molar refractivity (Wildman–Crippen MR) is 192 cm³/mol. The van der Waals surface area contributed by atoms with E-state index in [0.717, 1.165) is 104 Å². The van der Waals surface area contributed by atoms with Gasteiger partial charge in [-0.2, -0.15) is 0 Å². The van der Waals surface area contributed by atoms with Crippen LogP contribution in [0.4, 0.5) is 11.4 Å². The minimum Gasteiger partial charge on any atom is -0.873 e. The van der Waals surface area contributed by atoms with Gasteiger partial charge < -0.3 is 10.2 Å². The molecule has 0 bridgehead atoms. The molecule has 0 amide bonds. The van der Waals surface area contributed by atoms with Crippen LogP contribution < -0.4 is 10.2 Å². The summed E-state index contributed by atoms with van der Waals surface area (Å²) in [6.07, 6.45) is 17.2. The predicted octanol–water partition coefficient (Wildman–Crippen LogP) is 11.2. The number of para-hydroxylation sites is 2. The first kappa shape index (κ1) is 41.1. The Morgan fingerprint density at radius 1 is 0.522 bits per heavy atom. The second-order valence-corrected chi connectivity index (χ2v) is 11.9. The summed E-state index contributed by atoms with van der Waals surface area (Å²) in [4.78, 5) is 9.83. The minimum atomic E-state index is -0.251. The third kappa shape index (κ3) is 15.1. The Morgan fingerprint density at radius 2 is 1.04 bits per heavy atom. The van der Waals surface area contributed by atoms with Crippen LogP contribution in [-0.4, -0.2) is 11.4 Å². The van der Waals surface area contributed by atoms with Gasteiger partial charge >= 0.3 is 16.5 Å². The number of hydrogen-bond donors (Lipinski definition) is 0. The fourth-order valence-electron chi connectivity index (χ4n) is 5.47. The first-order valence-corrected chi connectivity index (χ1v) is 17.8. The molecule has 3 aromatic rings. The molecule has 0 aromatic heterocycles. The molecule has 3 rings (SSSR count). The Labute approximate surface area is 290 Å². The van der Waals surface area contributed by atoms with Gasteiger partial charge in [0.05, 0.1) is 22.8 Å². The molecule has 0 N–H and O–H groups in total. The van der Waals surface area contributed by atoms with Crippen molar-refractivity contribution in [2.45, 2.75) is 137 Å². The summed E-state index contributed by atoms with van der Waals surface area (Å²) < 4.78 is 0. The summed E-state index contributed by atoms with van der Waals surface area (Å²) in [7, 11) is 0. The van der Waals surface area contributed by atoms with Gasteiger partial charge in [0.25, 0.3) is 0 Å². The molecule has 4 nitrogen and oxygen atoms in total. The van der Waals surface area contributed by atoms with Crippen LogP contribution in [0.2, 0.25) is 0 Å². The van der Waals surface area contributed by atoms with Crippen molar-refractivity contribution in [1.29, 1.82) is 0 Å². The van der Waals surface area contributed by atoms with Crippen LogP contribution in [0.5, 0.6) is 11.5 Å². The van der Waals surface area contributed by atoms with Crippen LogP contribution in [-0.2, 0) is 35.8 Å². The Bertz CT molecular complexity index is 1270. The van der Waals surface area contributed by atoms with Crippen molar-refractivity contribution in [1.82, 2.24) is 0 Å². The van der Waals surface area contributed by atoms with Gasteiger partial charge in [0.2, 0.25) is 0 Å². The average molecular weight is 670 g/mol. The van der Waals surface area contributed by atoms with Crippen molar-refractivity contribution in [3.8, 4) is 11.5 Å². The van der Waals surface area contributed by atoms with E-state index in [2.05, 4.69) is 58.9 Å². The Hall–Kier alpha value is -2.91. The van der Waals surface area contributed by atoms with Crippen molar-refractivity contribution in [3.63, 3.8) is 0 Å². The molecule has 254 valence electrons. The van der Waals surface area contributed by atoms with Crippen molar-refractivity contribution < 1.29 is 26.7 Å². The molecule has 0 atom stereocenters. The smallest absolute Gasteiger partial charge is 0.873 e. The molecule has 0 heterocycles. The third-order valence-corrected chi connectivity index (χ3v) is 8.08. The van der Waals surface area contributed by atoms with Crippen molar-refractivity contribution in [3.05, 3.63) is 83.4 Å². The summed E-state index contributed by atoms with van der Waals surface area (Å²) >= 11 is 0. The van der Waals surface area contributed by atoms with Gasteiger partial charge in [0.15, 0.2) is 0 Å². The molecule has 3 aromatic carbocycles. The SMILES string of the molecule is CCCCCCCCC(=Nc1ccccc1)C(CC)=Nc1ccccc1.CCCCc1cc(CCC)c(CCCC)c([O-])c1[O-].[Ni+2]. The molecule has 0 aliphatic carbocycles. The van der Waals surface area contributed by atoms with Gasteiger partial charge in [-0.25, -0.2) is 0 Å². The maximum atomic E-state index is 12.2. The third-order valence-electron chi connectivity index (χ3n) is 8.08. The van der Waals surface area contributed by atoms with E-state index >= 15 is 0 Å². The molecule has 5 heteroatoms. The van der Waals surface area contributed by atoms with Gasteiger partial charge in [-0.15, -0.1) is 11.5 Å². The van der Waals surface area contributed by atoms with Crippen LogP contribution in [0.15, 0.2) is 76.7 Å². The maximum Gasteiger partial charge on any atom is 2.00 e. The molecule has 0 aliphatic rings. The quantitative estimate of drug-likeness (QED) is 0.0724. The zero-order valence-corrected chi connectivity index (χ0v) is 30.2. The first-order valence-electron chi connectivity index (χ1n) is 17.8. The average Bonchev–Trinajstić information content (AvgIpc) is 3.07. The first-order chi connectivity index (χ1) is 22.0. The molecule has 46 heavy (non-hydrogen) atoms. The molecular formula is C41H58N2NiO2. The van der Waals surface area contributed by atoms with E-state index in [9.17, 15) is 10.2 Å². The normalized spacial score (nSPS) is 11.5. The number of unbranched alkanes of at least 4 members (excludes halogenated alkanes) is 7. The number of benzene rings is 3. The van der Waals surface area contributed by atoms with E-state index in [0.29, 0.717) is 0 Å². The van der Waals surface area contributed by atoms with Gasteiger partial charge in [-0.05, 0) is 81.2 Å². The van der Waals surface area contributed by atoms with E-state index in [1.54, 1.807) is 0 Å². The van der Waals surface area contributed by atoms with Crippen LogP contribution in [0, 0.1) is 0 Å². The summed E-state index contributed by atoms with van der Waals surface area (Å²) in [5.74, 6) is -0.482. The van der Waals surface area contributed by atoms with Crippen molar-refractivity contribution in [2.24, 2.45) is 9.98 Å². The Morgan fingerprint density at radius 3 is 1.59 bits per heavy atom. The fourth-order valence-corrected chi connectivity index (χ4v) is 5.47. The number of rotatable bonds is 19. The summed E-state index contributed by atoms with van der Waals surface area (Å²) in [5, 5.41) is 24.3. The molecule has 0 saturated carbocycles. The molecule has 0 saturated heterocycles. The number of aryl methyl sites for hydroxylation is 2. The van der Waals surface area contributed by atoms with Gasteiger partial charge in [0.1, 0.15) is 0 Å². The van der Waals surface area contributed by atoms with Crippen molar-refractivity contribution >= 4 is 22.8 Å². The largest absolute Gasteiger partial charge is 2.00 e. The second-order valence-electron chi connectivity index (χ2n) is 11.9. The summed E-state index contributed by atoms with van der Waals surface area (Å²) in [6, 6.07) is 22.5. The zero-order chi connectivity index (χ0) is 32.7. The molecule has 0 spiro atoms. The maximum absolute atomic E-state index is 12.2. The zero-order valence-electron chi connectivity index (χ0n) is 29.2. The fraction of sp³-hybridized carbons (Fsp3) is 0.512. The minimum absolute atomic E-state index is 0. The van der Waals surface area contributed by atoms with E-state index in [4.69, 9.17) is 9.98 Å². The monoisotopic (exact) mass is 668 g/mol. The standard InChI is InChI=1S/C24H32N2.C17H28O2.Ni/c1-3-5-6-7-8-15-20-24(26-22-18-13-10-14-19-22)23(4-2)25-21-16-11-9-12-17-21;1-4-7-10-14-12-13(9-6-3)15(11-8-5-2)17(19)16(14)18;/h9-14,16-19H,3-8,15,20H2,1-2H3;12,18-19H,4-11H2,1-3H3;/q;;+2/p-2. The number of nitrogens with zero attached hydrogens (tertiary/aromatic N) is 2. The topological polar surface area (TPSA) is 70.8 Å². The van der Waals surface area contributed by atoms with E-state index < -0.39 is 0 Å². The van der Waals surface area contributed by atoms with Crippen LogP contribution in [0.3, 0.4) is 0 Å². The molecule has 0 unspecified atom stereocenters. The molecule has 0 aliphatic heterocycles. The second kappa shape index (κ2) is 25.2. The number of aliphatic imine (C=N–C) groups is 2. The van der Waals surface area contributed by atoms with Crippen LogP contribution in [0.1, 0.15) is 135 Å². The Balaban J connectivity index is 0.000000472. The van der Waals surface area contributed by atoms with Crippen LogP contribution in [0.25, 0.3) is 0 Å². The number of hydrogen-bond acceptors (Lipinski definition) is 4. The summed E-state index contributed by atoms with van der Waals surface area (Å²) in [5.41, 5.74) is 6.90. The van der Waals surface area contributed by atoms with Crippen LogP contribution >= 0.6 is 0 Å². The van der Waals surface area contributed by atoms with E-state index in [-0.39, 0.29) is 28.0 Å². The van der Waals surface area contributed by atoms with E-state index in [1.165, 1.54) is 38.5 Å². The molecule has 0 radical (unpaired) electrons. The summed E-state index contributed by atoms with van der Waals surface area (Å²) in [6.45, 7) is 10.8. The van der Waals surface area contributed by atoms with Gasteiger partial charge in [-0.3, -0.25) is 9.98 Å². The van der Waals surface area contributed by atoms with Gasteiger partial charge in [-0.1, -0.05) is 140 Å². The van der Waals surface area contributed by atoms with Gasteiger partial charge in [0, 0.05) is 0 Å². The molecule has 0 fully saturated rings.